The first-order valence-electron chi connectivity index (χ1n) is 6.16. The third-order valence-corrected chi connectivity index (χ3v) is 4.50. The molecule has 4 bridgehead atoms. The van der Waals surface area contributed by atoms with Gasteiger partial charge in [-0.2, -0.15) is 13.2 Å². The number of hydrogen-bond acceptors (Lipinski definition) is 2. The lowest BCUT2D eigenvalue weighted by atomic mass is 9.54. The van der Waals surface area contributed by atoms with Crippen molar-refractivity contribution in [2.45, 2.75) is 38.0 Å². The molecule has 17 heavy (non-hydrogen) atoms. The number of carbonyl (C=O) groups excluding carboxylic acids is 1. The van der Waals surface area contributed by atoms with Gasteiger partial charge in [0.1, 0.15) is 12.4 Å². The lowest BCUT2D eigenvalue weighted by Gasteiger charge is -2.52. The number of Topliss-reactive ketones (excluding diaryl/α,β-unsaturated/α-hetero) is 1. The molecule has 0 heterocycles. The zero-order chi connectivity index (χ0) is 12.2. The first kappa shape index (κ1) is 11.5. The van der Waals surface area contributed by atoms with Gasteiger partial charge in [-0.1, -0.05) is 0 Å². The third-order valence-electron chi connectivity index (χ3n) is 4.50. The Labute approximate surface area is 97.5 Å². The molecular weight excluding hydrogens is 233 g/mol. The number of carbonyl (C=O) groups is 1. The molecule has 96 valence electrons. The van der Waals surface area contributed by atoms with Crippen LogP contribution < -0.4 is 0 Å². The van der Waals surface area contributed by atoms with Crippen LogP contribution in [0.5, 0.6) is 0 Å². The van der Waals surface area contributed by atoms with Crippen LogP contribution >= 0.6 is 0 Å². The van der Waals surface area contributed by atoms with E-state index in [0.717, 1.165) is 25.7 Å². The lowest BCUT2D eigenvalue weighted by Crippen LogP contribution is -2.55. The Balaban J connectivity index is 1.71. The van der Waals surface area contributed by atoms with Gasteiger partial charge >= 0.3 is 6.18 Å². The van der Waals surface area contributed by atoms with Gasteiger partial charge in [0.05, 0.1) is 6.10 Å². The van der Waals surface area contributed by atoms with Crippen LogP contribution in [0.1, 0.15) is 25.7 Å². The van der Waals surface area contributed by atoms with Crippen molar-refractivity contribution in [3.8, 4) is 0 Å². The molecule has 0 aromatic heterocycles. The number of rotatable bonds is 2. The maximum atomic E-state index is 12.2. The average molecular weight is 248 g/mol. The summed E-state index contributed by atoms with van der Waals surface area (Å²) in [5.74, 6) is 0.742. The molecule has 4 rings (SSSR count). The molecule has 0 spiro atoms. The van der Waals surface area contributed by atoms with Crippen molar-refractivity contribution >= 4 is 5.78 Å². The monoisotopic (exact) mass is 248 g/mol. The maximum Gasteiger partial charge on any atom is 0.411 e. The highest BCUT2D eigenvalue weighted by atomic mass is 19.4. The Morgan fingerprint density at radius 1 is 1.18 bits per heavy atom. The minimum atomic E-state index is -4.29. The minimum Gasteiger partial charge on any atom is -0.368 e. The van der Waals surface area contributed by atoms with Crippen LogP contribution in [0.2, 0.25) is 0 Å². The van der Waals surface area contributed by atoms with Gasteiger partial charge in [-0.05, 0) is 37.5 Å². The van der Waals surface area contributed by atoms with Crippen LogP contribution in [0, 0.1) is 23.7 Å². The lowest BCUT2D eigenvalue weighted by molar-refractivity contribution is -0.213. The van der Waals surface area contributed by atoms with Crippen LogP contribution in [-0.4, -0.2) is 24.7 Å². The average Bonchev–Trinajstić information content (AvgIpc) is 2.22. The second-order valence-electron chi connectivity index (χ2n) is 5.67. The van der Waals surface area contributed by atoms with E-state index in [9.17, 15) is 18.0 Å². The van der Waals surface area contributed by atoms with E-state index in [1.165, 1.54) is 0 Å². The molecule has 4 aliphatic rings. The maximum absolute atomic E-state index is 12.2. The molecule has 0 aromatic carbocycles. The third kappa shape index (κ3) is 1.98. The predicted octanol–water partition coefficient (Wildman–Crippen LogP) is 2.57. The van der Waals surface area contributed by atoms with Crippen LogP contribution in [0.4, 0.5) is 13.2 Å². The summed E-state index contributed by atoms with van der Waals surface area (Å²) in [7, 11) is 0. The first-order valence-corrected chi connectivity index (χ1v) is 6.16. The normalized spacial score (nSPS) is 44.4. The van der Waals surface area contributed by atoms with E-state index in [0.29, 0.717) is 5.92 Å². The van der Waals surface area contributed by atoms with Crippen LogP contribution in [0.3, 0.4) is 0 Å². The number of hydrogen-bond donors (Lipinski definition) is 0. The molecular formula is C12H15F3O2. The summed E-state index contributed by atoms with van der Waals surface area (Å²) in [5, 5.41) is 0. The predicted molar refractivity (Wildman–Crippen MR) is 53.2 cm³/mol. The topological polar surface area (TPSA) is 26.3 Å². The summed E-state index contributed by atoms with van der Waals surface area (Å²) in [4.78, 5) is 11.9. The summed E-state index contributed by atoms with van der Waals surface area (Å²) < 4.78 is 41.5. The molecule has 0 amide bonds. The fraction of sp³-hybridized carbons (Fsp3) is 0.917. The summed E-state index contributed by atoms with van der Waals surface area (Å²) in [6.07, 6.45) is -1.38. The number of ether oxygens (including phenoxy) is 1. The number of ketones is 1. The van der Waals surface area contributed by atoms with Gasteiger partial charge in [0.25, 0.3) is 0 Å². The molecule has 5 atom stereocenters. The molecule has 0 aromatic rings. The molecule has 4 fully saturated rings. The van der Waals surface area contributed by atoms with E-state index in [4.69, 9.17) is 4.74 Å². The van der Waals surface area contributed by atoms with Gasteiger partial charge in [0, 0.05) is 11.8 Å². The van der Waals surface area contributed by atoms with E-state index in [1.54, 1.807) is 0 Å². The molecule has 0 aliphatic heterocycles. The second-order valence-corrected chi connectivity index (χ2v) is 5.67. The Morgan fingerprint density at radius 3 is 2.65 bits per heavy atom. The fourth-order valence-electron chi connectivity index (χ4n) is 4.02. The van der Waals surface area contributed by atoms with E-state index in [2.05, 4.69) is 0 Å². The van der Waals surface area contributed by atoms with Crippen molar-refractivity contribution in [1.29, 1.82) is 0 Å². The van der Waals surface area contributed by atoms with Gasteiger partial charge in [0.15, 0.2) is 0 Å². The smallest absolute Gasteiger partial charge is 0.368 e. The Hall–Kier alpha value is -0.580. The van der Waals surface area contributed by atoms with Gasteiger partial charge in [-0.15, -0.1) is 0 Å². The molecule has 5 heteroatoms. The SMILES string of the molecule is O=C1[C@H]2C[C@@H]3C[C@H](C2)[C@@H](OCC(F)(F)F)[C@H]1C3. The van der Waals surface area contributed by atoms with Crippen molar-refractivity contribution in [3.05, 3.63) is 0 Å². The first-order chi connectivity index (χ1) is 7.94. The standard InChI is InChI=1S/C12H15F3O2/c13-12(14,15)5-17-11-8-2-6-1-7(4-8)10(16)9(11)3-6/h6-9,11H,1-5H2/t6-,7+,8-,9+,11-/m1/s1. The van der Waals surface area contributed by atoms with Gasteiger partial charge in [0.2, 0.25) is 0 Å². The van der Waals surface area contributed by atoms with Crippen LogP contribution in [0.25, 0.3) is 0 Å². The number of alkyl halides is 3. The Kier molecular flexibility index (Phi) is 2.51. The minimum absolute atomic E-state index is 0.114. The second kappa shape index (κ2) is 3.70. The van der Waals surface area contributed by atoms with Crippen LogP contribution in [0.15, 0.2) is 0 Å². The van der Waals surface area contributed by atoms with E-state index < -0.39 is 18.9 Å². The van der Waals surface area contributed by atoms with Crippen molar-refractivity contribution in [3.63, 3.8) is 0 Å². The van der Waals surface area contributed by atoms with Crippen molar-refractivity contribution in [2.24, 2.45) is 23.7 Å². The molecule has 0 N–H and O–H groups in total. The van der Waals surface area contributed by atoms with E-state index in [-0.39, 0.29) is 23.5 Å². The number of halogens is 3. The molecule has 4 saturated carbocycles. The molecule has 0 saturated heterocycles. The largest absolute Gasteiger partial charge is 0.411 e. The Morgan fingerprint density at radius 2 is 1.94 bits per heavy atom. The van der Waals surface area contributed by atoms with Crippen LogP contribution in [-0.2, 0) is 9.53 Å². The highest BCUT2D eigenvalue weighted by Gasteiger charge is 2.54. The molecule has 4 aliphatic carbocycles. The Bertz CT molecular complexity index is 339. The summed E-state index contributed by atoms with van der Waals surface area (Å²) in [6.45, 7) is -1.22. The van der Waals surface area contributed by atoms with Crippen molar-refractivity contribution in [2.75, 3.05) is 6.61 Å². The zero-order valence-corrected chi connectivity index (χ0v) is 9.37. The summed E-state index contributed by atoms with van der Waals surface area (Å²) >= 11 is 0. The van der Waals surface area contributed by atoms with Crippen molar-refractivity contribution < 1.29 is 22.7 Å². The zero-order valence-electron chi connectivity index (χ0n) is 9.37. The highest BCUT2D eigenvalue weighted by Crippen LogP contribution is 2.53. The van der Waals surface area contributed by atoms with E-state index >= 15 is 0 Å². The summed E-state index contributed by atoms with van der Waals surface area (Å²) in [6, 6.07) is 0. The van der Waals surface area contributed by atoms with Crippen molar-refractivity contribution in [1.82, 2.24) is 0 Å². The molecule has 0 radical (unpaired) electrons. The molecule has 2 nitrogen and oxygen atoms in total. The fourth-order valence-corrected chi connectivity index (χ4v) is 4.02. The summed E-state index contributed by atoms with van der Waals surface area (Å²) in [5.41, 5.74) is 0. The molecule has 0 unspecified atom stereocenters. The van der Waals surface area contributed by atoms with Gasteiger partial charge < -0.3 is 4.74 Å². The highest BCUT2D eigenvalue weighted by molar-refractivity contribution is 5.86. The quantitative estimate of drug-likeness (QED) is 0.750. The van der Waals surface area contributed by atoms with E-state index in [1.807, 2.05) is 0 Å². The van der Waals surface area contributed by atoms with Gasteiger partial charge in [-0.25, -0.2) is 0 Å². The van der Waals surface area contributed by atoms with Gasteiger partial charge in [-0.3, -0.25) is 4.79 Å².